The SMILES string of the molecule is [Na+].[O-]NO. The van der Waals surface area contributed by atoms with Gasteiger partial charge in [0.1, 0.15) is 0 Å². The van der Waals surface area contributed by atoms with E-state index >= 15 is 0 Å². The molecule has 4 heavy (non-hydrogen) atoms. The minimum Gasteiger partial charge on any atom is -0.765 e. The Morgan fingerprint density at radius 1 is 1.75 bits per heavy atom. The molecule has 0 fully saturated rings. The van der Waals surface area contributed by atoms with Crippen molar-refractivity contribution in [3.8, 4) is 0 Å². The van der Waals surface area contributed by atoms with E-state index in [1.807, 2.05) is 0 Å². The average Bonchev–Trinajstić information content (AvgIpc) is 0.918. The summed E-state index contributed by atoms with van der Waals surface area (Å²) in [6, 6.07) is 0. The van der Waals surface area contributed by atoms with Crippen molar-refractivity contribution in [2.75, 3.05) is 0 Å². The molecule has 0 bridgehead atoms. The van der Waals surface area contributed by atoms with Gasteiger partial charge in [-0.25, -0.2) is 0 Å². The van der Waals surface area contributed by atoms with Crippen LogP contribution in [0, 0.1) is 5.21 Å². The first-order valence-electron chi connectivity index (χ1n) is 0.428. The third-order valence-corrected chi connectivity index (χ3v) is 0. The molecule has 0 unspecified atom stereocenters. The molecule has 0 aliphatic carbocycles. The summed E-state index contributed by atoms with van der Waals surface area (Å²) in [6.07, 6.45) is 0. The van der Waals surface area contributed by atoms with Gasteiger partial charge in [-0.2, -0.15) is 0 Å². The van der Waals surface area contributed by atoms with Crippen molar-refractivity contribution < 1.29 is 34.8 Å². The summed E-state index contributed by atoms with van der Waals surface area (Å²) in [4.78, 5) is 0. The van der Waals surface area contributed by atoms with Gasteiger partial charge in [-0.1, -0.05) is 0 Å². The molecule has 0 aliphatic rings. The second-order valence-electron chi connectivity index (χ2n) is 0.0913. The topological polar surface area (TPSA) is 55.3 Å². The van der Waals surface area contributed by atoms with Crippen LogP contribution in [-0.2, 0) is 0 Å². The molecule has 0 saturated carbocycles. The Morgan fingerprint density at radius 3 is 1.75 bits per heavy atom. The second-order valence-corrected chi connectivity index (χ2v) is 0.0913. The average molecular weight is 71.0 g/mol. The molecule has 0 aromatic rings. The van der Waals surface area contributed by atoms with Crippen LogP contribution < -0.4 is 35.2 Å². The molecule has 0 aromatic carbocycles. The molecule has 0 spiro atoms. The molecule has 20 valence electrons. The molecule has 4 heteroatoms. The van der Waals surface area contributed by atoms with Crippen LogP contribution in [-0.4, -0.2) is 5.21 Å². The van der Waals surface area contributed by atoms with E-state index in [4.69, 9.17) is 10.4 Å². The van der Waals surface area contributed by atoms with Gasteiger partial charge in [0.05, 0.1) is 0 Å². The summed E-state index contributed by atoms with van der Waals surface area (Å²) in [5.41, 5.74) is 0.500. The van der Waals surface area contributed by atoms with Gasteiger partial charge in [0.25, 0.3) is 0 Å². The summed E-state index contributed by atoms with van der Waals surface area (Å²) in [5.74, 6) is 0. The van der Waals surface area contributed by atoms with Crippen molar-refractivity contribution >= 4 is 0 Å². The molecule has 0 rings (SSSR count). The summed E-state index contributed by atoms with van der Waals surface area (Å²) in [5, 5.41) is 15.0. The van der Waals surface area contributed by atoms with Gasteiger partial charge in [-0.3, -0.25) is 5.64 Å². The minimum atomic E-state index is 0. The van der Waals surface area contributed by atoms with Crippen LogP contribution in [0.4, 0.5) is 0 Å². The summed E-state index contributed by atoms with van der Waals surface area (Å²) >= 11 is 0. The van der Waals surface area contributed by atoms with Gasteiger partial charge in [0.2, 0.25) is 0 Å². The van der Waals surface area contributed by atoms with E-state index in [9.17, 15) is 0 Å². The second kappa shape index (κ2) is 9.11. The summed E-state index contributed by atoms with van der Waals surface area (Å²) in [6.45, 7) is 0. The predicted octanol–water partition coefficient (Wildman–Crippen LogP) is -3.53. The van der Waals surface area contributed by atoms with Crippen molar-refractivity contribution in [1.29, 1.82) is 0 Å². The molecule has 2 N–H and O–H groups in total. The van der Waals surface area contributed by atoms with Crippen LogP contribution in [0.5, 0.6) is 0 Å². The van der Waals surface area contributed by atoms with E-state index in [2.05, 4.69) is 0 Å². The maximum atomic E-state index is 8.24. The van der Waals surface area contributed by atoms with Gasteiger partial charge < -0.3 is 10.4 Å². The van der Waals surface area contributed by atoms with E-state index in [0.29, 0.717) is 5.64 Å². The molecule has 0 heterocycles. The Balaban J connectivity index is 0. The molecule has 0 amide bonds. The van der Waals surface area contributed by atoms with Crippen LogP contribution >= 0.6 is 0 Å². The van der Waals surface area contributed by atoms with E-state index < -0.39 is 0 Å². The molecule has 0 aromatic heterocycles. The van der Waals surface area contributed by atoms with Crippen molar-refractivity contribution in [2.24, 2.45) is 0 Å². The summed E-state index contributed by atoms with van der Waals surface area (Å²) < 4.78 is 0. The third kappa shape index (κ3) is 13.1. The van der Waals surface area contributed by atoms with E-state index in [-0.39, 0.29) is 29.6 Å². The van der Waals surface area contributed by atoms with Crippen LogP contribution in [0.3, 0.4) is 0 Å². The van der Waals surface area contributed by atoms with Crippen LogP contribution in [0.25, 0.3) is 0 Å². The van der Waals surface area contributed by atoms with Gasteiger partial charge in [-0.15, -0.1) is 0 Å². The fraction of sp³-hybridized carbons (Fsp3) is 0. The molecule has 0 atom stereocenters. The third-order valence-electron chi connectivity index (χ3n) is 0. The first-order chi connectivity index (χ1) is 1.41. The van der Waals surface area contributed by atoms with Gasteiger partial charge >= 0.3 is 29.6 Å². The van der Waals surface area contributed by atoms with Crippen molar-refractivity contribution in [3.05, 3.63) is 5.21 Å². The molecule has 3 nitrogen and oxygen atoms in total. The molecule has 0 aliphatic heterocycles. The molecular formula is H2NNaO2. The van der Waals surface area contributed by atoms with Crippen LogP contribution in [0.1, 0.15) is 0 Å². The number of nitrogens with one attached hydrogen (secondary N) is 1. The quantitative estimate of drug-likeness (QED) is 0.230. The normalized spacial score (nSPS) is 4.50. The molecule has 0 saturated heterocycles. The van der Waals surface area contributed by atoms with Crippen LogP contribution in [0.15, 0.2) is 0 Å². The maximum Gasteiger partial charge on any atom is 1.00 e. The Morgan fingerprint density at radius 2 is 1.75 bits per heavy atom. The minimum absolute atomic E-state index is 0. The zero-order valence-electron chi connectivity index (χ0n) is 2.36. The smallest absolute Gasteiger partial charge is 0.765 e. The Bertz CT molecular complexity index is 6.00. The fourth-order valence-electron chi connectivity index (χ4n) is 0. The zero-order chi connectivity index (χ0) is 2.71. The Kier molecular flexibility index (Phi) is 20.2. The van der Waals surface area contributed by atoms with E-state index in [1.165, 1.54) is 0 Å². The number of hydrogen-bond donors (Lipinski definition) is 2. The number of hydrogen-bond acceptors (Lipinski definition) is 3. The standard InChI is InChI=1S/H2NO2.Na/c2-1-3;/h1-2H;/q-1;+1. The first-order valence-corrected chi connectivity index (χ1v) is 0.428. The predicted molar refractivity (Wildman–Crippen MR) is 8.29 cm³/mol. The monoisotopic (exact) mass is 71.0 g/mol. The van der Waals surface area contributed by atoms with Crippen molar-refractivity contribution in [2.45, 2.75) is 0 Å². The van der Waals surface area contributed by atoms with Crippen LogP contribution in [0.2, 0.25) is 0 Å². The van der Waals surface area contributed by atoms with Crippen molar-refractivity contribution in [1.82, 2.24) is 5.64 Å². The molecular weight excluding hydrogens is 69.0 g/mol. The maximum absolute atomic E-state index is 8.24. The van der Waals surface area contributed by atoms with Gasteiger partial charge in [-0.05, 0) is 0 Å². The van der Waals surface area contributed by atoms with Crippen molar-refractivity contribution in [3.63, 3.8) is 0 Å². The fourth-order valence-corrected chi connectivity index (χ4v) is 0. The van der Waals surface area contributed by atoms with E-state index in [0.717, 1.165) is 0 Å². The first kappa shape index (κ1) is 8.86. The van der Waals surface area contributed by atoms with Gasteiger partial charge in [0.15, 0.2) is 0 Å². The number of rotatable bonds is 0. The summed E-state index contributed by atoms with van der Waals surface area (Å²) in [7, 11) is 0. The largest absolute Gasteiger partial charge is 1.00 e. The Hall–Kier alpha value is 0.880. The molecule has 0 radical (unpaired) electrons. The van der Waals surface area contributed by atoms with Gasteiger partial charge in [0, 0.05) is 0 Å². The van der Waals surface area contributed by atoms with E-state index in [1.54, 1.807) is 0 Å². The zero-order valence-corrected chi connectivity index (χ0v) is 4.36. The Labute approximate surface area is 45.8 Å².